The van der Waals surface area contributed by atoms with Gasteiger partial charge in [-0.25, -0.2) is 4.68 Å². The van der Waals surface area contributed by atoms with Crippen LogP contribution in [0.4, 0.5) is 0 Å². The minimum absolute atomic E-state index is 0.768. The van der Waals surface area contributed by atoms with E-state index in [-0.39, 0.29) is 0 Å². The van der Waals surface area contributed by atoms with Crippen molar-refractivity contribution in [3.05, 3.63) is 34.8 Å². The Bertz CT molecular complexity index is 527. The summed E-state index contributed by atoms with van der Waals surface area (Å²) < 4.78 is 1.86. The van der Waals surface area contributed by atoms with Gasteiger partial charge >= 0.3 is 0 Å². The first-order chi connectivity index (χ1) is 8.63. The zero-order chi connectivity index (χ0) is 13.1. The quantitative estimate of drug-likeness (QED) is 0.890. The fourth-order valence-electron chi connectivity index (χ4n) is 1.91. The highest BCUT2D eigenvalue weighted by Crippen LogP contribution is 2.16. The smallest absolute Gasteiger partial charge is 0.175 e. The van der Waals surface area contributed by atoms with Crippen LogP contribution in [0.1, 0.15) is 29.6 Å². The predicted octanol–water partition coefficient (Wildman–Crippen LogP) is 1.70. The molecule has 0 aliphatic rings. The highest BCUT2D eigenvalue weighted by atomic mass is 15.3. The van der Waals surface area contributed by atoms with Gasteiger partial charge in [-0.1, -0.05) is 6.92 Å². The van der Waals surface area contributed by atoms with Crippen molar-refractivity contribution in [3.8, 4) is 5.82 Å². The van der Waals surface area contributed by atoms with Gasteiger partial charge in [0.05, 0.1) is 11.4 Å². The zero-order valence-corrected chi connectivity index (χ0v) is 11.4. The Hall–Kier alpha value is -1.75. The molecule has 2 aromatic rings. The largest absolute Gasteiger partial charge is 0.313 e. The Kier molecular flexibility index (Phi) is 3.72. The Morgan fingerprint density at radius 1 is 1.17 bits per heavy atom. The van der Waals surface area contributed by atoms with Gasteiger partial charge in [0.1, 0.15) is 0 Å². The highest BCUT2D eigenvalue weighted by Gasteiger charge is 2.12. The number of aromatic nitrogens is 4. The highest BCUT2D eigenvalue weighted by molar-refractivity contribution is 5.32. The molecule has 2 heterocycles. The molecule has 2 rings (SSSR count). The van der Waals surface area contributed by atoms with Crippen LogP contribution in [0.5, 0.6) is 0 Å². The average Bonchev–Trinajstić information content (AvgIpc) is 2.64. The molecular weight excluding hydrogens is 226 g/mol. The fraction of sp³-hybridized carbons (Fsp3) is 0.462. The summed E-state index contributed by atoms with van der Waals surface area (Å²) in [6, 6.07) is 3.89. The molecule has 0 radical (unpaired) electrons. The van der Waals surface area contributed by atoms with Crippen LogP contribution in [-0.4, -0.2) is 26.5 Å². The lowest BCUT2D eigenvalue weighted by atomic mass is 10.2. The number of nitrogens with one attached hydrogen (secondary N) is 1. The molecule has 18 heavy (non-hydrogen) atoms. The third-order valence-corrected chi connectivity index (χ3v) is 2.99. The van der Waals surface area contributed by atoms with Gasteiger partial charge in [-0.15, -0.1) is 5.10 Å². The van der Waals surface area contributed by atoms with E-state index in [1.54, 1.807) is 0 Å². The number of hydrogen-bond acceptors (Lipinski definition) is 4. The number of rotatable bonds is 4. The molecule has 5 heteroatoms. The molecule has 0 aromatic carbocycles. The standard InChI is InChI=1S/C13H19N5/c1-5-14-8-12-10(3)17-18(11(12)4)13-7-6-9(2)15-16-13/h6-7,14H,5,8H2,1-4H3. The molecule has 0 fully saturated rings. The summed E-state index contributed by atoms with van der Waals surface area (Å²) in [7, 11) is 0. The van der Waals surface area contributed by atoms with Crippen LogP contribution in [-0.2, 0) is 6.54 Å². The number of hydrogen-bond donors (Lipinski definition) is 1. The fourth-order valence-corrected chi connectivity index (χ4v) is 1.91. The first-order valence-corrected chi connectivity index (χ1v) is 6.20. The van der Waals surface area contributed by atoms with Crippen molar-refractivity contribution in [3.63, 3.8) is 0 Å². The third-order valence-electron chi connectivity index (χ3n) is 2.99. The molecule has 2 aromatic heterocycles. The lowest BCUT2D eigenvalue weighted by Crippen LogP contribution is -2.13. The maximum absolute atomic E-state index is 4.54. The van der Waals surface area contributed by atoms with Crippen LogP contribution in [0.2, 0.25) is 0 Å². The summed E-state index contributed by atoms with van der Waals surface area (Å²) in [6.07, 6.45) is 0. The molecule has 0 unspecified atom stereocenters. The summed E-state index contributed by atoms with van der Waals surface area (Å²) in [5, 5.41) is 16.1. The molecule has 0 aliphatic heterocycles. The van der Waals surface area contributed by atoms with E-state index in [2.05, 4.69) is 34.5 Å². The summed E-state index contributed by atoms with van der Waals surface area (Å²) in [5.41, 5.74) is 4.30. The van der Waals surface area contributed by atoms with Crippen LogP contribution in [0.3, 0.4) is 0 Å². The lowest BCUT2D eigenvalue weighted by molar-refractivity contribution is 0.718. The second kappa shape index (κ2) is 5.27. The van der Waals surface area contributed by atoms with Gasteiger partial charge in [-0.2, -0.15) is 10.2 Å². The van der Waals surface area contributed by atoms with Crippen LogP contribution < -0.4 is 5.32 Å². The zero-order valence-electron chi connectivity index (χ0n) is 11.4. The van der Waals surface area contributed by atoms with Gasteiger partial charge in [0.2, 0.25) is 0 Å². The maximum Gasteiger partial charge on any atom is 0.175 e. The van der Waals surface area contributed by atoms with Gasteiger partial charge in [-0.3, -0.25) is 0 Å². The van der Waals surface area contributed by atoms with E-state index in [0.29, 0.717) is 0 Å². The summed E-state index contributed by atoms with van der Waals surface area (Å²) in [4.78, 5) is 0. The van der Waals surface area contributed by atoms with Crippen molar-refractivity contribution in [2.45, 2.75) is 34.2 Å². The van der Waals surface area contributed by atoms with Gasteiger partial charge in [-0.05, 0) is 39.4 Å². The Balaban J connectivity index is 2.37. The van der Waals surface area contributed by atoms with Crippen molar-refractivity contribution in [2.24, 2.45) is 0 Å². The normalized spacial score (nSPS) is 10.9. The van der Waals surface area contributed by atoms with Crippen LogP contribution in [0.25, 0.3) is 5.82 Å². The molecule has 1 N–H and O–H groups in total. The molecule has 0 aliphatic carbocycles. The van der Waals surface area contributed by atoms with Gasteiger partial charge in [0.25, 0.3) is 0 Å². The van der Waals surface area contributed by atoms with E-state index in [0.717, 1.165) is 36.0 Å². The molecule has 0 atom stereocenters. The lowest BCUT2D eigenvalue weighted by Gasteiger charge is -2.04. The molecule has 5 nitrogen and oxygen atoms in total. The minimum atomic E-state index is 0.768. The summed E-state index contributed by atoms with van der Waals surface area (Å²) in [5.74, 6) is 0.768. The average molecular weight is 245 g/mol. The van der Waals surface area contributed by atoms with Crippen LogP contribution in [0, 0.1) is 20.8 Å². The van der Waals surface area contributed by atoms with E-state index in [1.807, 2.05) is 30.7 Å². The van der Waals surface area contributed by atoms with Gasteiger partial charge in [0, 0.05) is 17.8 Å². The van der Waals surface area contributed by atoms with Crippen molar-refractivity contribution < 1.29 is 0 Å². The number of nitrogens with zero attached hydrogens (tertiary/aromatic N) is 4. The Morgan fingerprint density at radius 2 is 1.94 bits per heavy atom. The van der Waals surface area contributed by atoms with Crippen molar-refractivity contribution in [2.75, 3.05) is 6.54 Å². The van der Waals surface area contributed by atoms with Gasteiger partial charge < -0.3 is 5.32 Å². The molecule has 0 amide bonds. The predicted molar refractivity (Wildman–Crippen MR) is 70.7 cm³/mol. The van der Waals surface area contributed by atoms with Crippen molar-refractivity contribution in [1.29, 1.82) is 0 Å². The van der Waals surface area contributed by atoms with E-state index >= 15 is 0 Å². The van der Waals surface area contributed by atoms with Crippen LogP contribution in [0.15, 0.2) is 12.1 Å². The monoisotopic (exact) mass is 245 g/mol. The maximum atomic E-state index is 4.54. The van der Waals surface area contributed by atoms with Crippen molar-refractivity contribution in [1.82, 2.24) is 25.3 Å². The summed E-state index contributed by atoms with van der Waals surface area (Å²) in [6.45, 7) is 9.91. The molecule has 0 saturated carbocycles. The molecule has 0 bridgehead atoms. The molecule has 0 saturated heterocycles. The molecule has 96 valence electrons. The molecular formula is C13H19N5. The minimum Gasteiger partial charge on any atom is -0.313 e. The first-order valence-electron chi connectivity index (χ1n) is 6.20. The van der Waals surface area contributed by atoms with Crippen LogP contribution >= 0.6 is 0 Å². The Labute approximate surface area is 107 Å². The van der Waals surface area contributed by atoms with Gasteiger partial charge in [0.15, 0.2) is 5.82 Å². The van der Waals surface area contributed by atoms with E-state index in [1.165, 1.54) is 5.56 Å². The van der Waals surface area contributed by atoms with E-state index < -0.39 is 0 Å². The Morgan fingerprint density at radius 3 is 2.56 bits per heavy atom. The molecule has 0 spiro atoms. The van der Waals surface area contributed by atoms with E-state index in [4.69, 9.17) is 0 Å². The SMILES string of the molecule is CCNCc1c(C)nn(-c2ccc(C)nn2)c1C. The second-order valence-electron chi connectivity index (χ2n) is 4.37. The third kappa shape index (κ3) is 2.41. The second-order valence-corrected chi connectivity index (χ2v) is 4.37. The topological polar surface area (TPSA) is 55.6 Å². The van der Waals surface area contributed by atoms with E-state index in [9.17, 15) is 0 Å². The van der Waals surface area contributed by atoms with Crippen molar-refractivity contribution >= 4 is 0 Å². The summed E-state index contributed by atoms with van der Waals surface area (Å²) >= 11 is 0. The number of aryl methyl sites for hydroxylation is 2. The first kappa shape index (κ1) is 12.7.